The van der Waals surface area contributed by atoms with Gasteiger partial charge in [-0.3, -0.25) is 0 Å². The minimum absolute atomic E-state index is 0. The molecule has 1 heterocycles. The number of hydrogen-bond acceptors (Lipinski definition) is 4. The molecule has 0 N–H and O–H groups in total. The molecule has 0 aliphatic heterocycles. The van der Waals surface area contributed by atoms with Crippen molar-refractivity contribution in [3.05, 3.63) is 77.4 Å². The number of hydrogen-bond donors (Lipinski definition) is 0. The van der Waals surface area contributed by atoms with E-state index < -0.39 is 0 Å². The topological polar surface area (TPSA) is 40.0 Å². The van der Waals surface area contributed by atoms with Gasteiger partial charge in [0.1, 0.15) is 0 Å². The molecule has 0 fully saturated rings. The molecule has 0 radical (unpaired) electrons. The van der Waals surface area contributed by atoms with E-state index in [1.165, 1.54) is 0 Å². The van der Waals surface area contributed by atoms with Crippen molar-refractivity contribution < 1.29 is 17.1 Å². The first-order valence-corrected chi connectivity index (χ1v) is 10.2. The lowest BCUT2D eigenvalue weighted by atomic mass is 10.2. The Bertz CT molecular complexity index is 1040. The molecular weight excluding hydrogens is 431 g/mol. The summed E-state index contributed by atoms with van der Waals surface area (Å²) in [4.78, 5) is 4.14. The fraction of sp³-hybridized carbons (Fsp3) is 0.261. The second-order valence-corrected chi connectivity index (χ2v) is 7.69. The smallest absolute Gasteiger partial charge is 0.304 e. The van der Waals surface area contributed by atoms with Gasteiger partial charge in [0.15, 0.2) is 11.9 Å². The number of nitrogens with zero attached hydrogens (tertiary/aromatic N) is 6. The molecule has 3 rings (SSSR count). The average molecular weight is 459 g/mol. The van der Waals surface area contributed by atoms with Gasteiger partial charge in [0, 0.05) is 46.5 Å². The number of aromatic nitrogens is 2. The van der Waals surface area contributed by atoms with Crippen LogP contribution in [0.3, 0.4) is 0 Å². The summed E-state index contributed by atoms with van der Waals surface area (Å²) in [5.41, 5.74) is 5.22. The summed E-state index contributed by atoms with van der Waals surface area (Å²) in [5, 5.41) is 9.21. The first-order chi connectivity index (χ1) is 14.4. The molecule has 8 heteroatoms. The Balaban J connectivity index is 0.00000341. The van der Waals surface area contributed by atoms with E-state index in [-0.39, 0.29) is 12.4 Å². The van der Waals surface area contributed by atoms with Crippen molar-refractivity contribution in [2.75, 3.05) is 38.0 Å². The van der Waals surface area contributed by atoms with E-state index in [1.807, 2.05) is 82.7 Å². The lowest BCUT2D eigenvalue weighted by Gasteiger charge is -2.11. The van der Waals surface area contributed by atoms with Crippen molar-refractivity contribution in [2.45, 2.75) is 12.8 Å². The van der Waals surface area contributed by atoms with Crippen LogP contribution in [0.25, 0.3) is 0 Å². The van der Waals surface area contributed by atoms with E-state index in [1.54, 1.807) is 4.68 Å². The van der Waals surface area contributed by atoms with Gasteiger partial charge < -0.3 is 22.2 Å². The molecule has 0 amide bonds. The van der Waals surface area contributed by atoms with Gasteiger partial charge >= 0.3 is 5.82 Å². The number of alkyl halides is 1. The summed E-state index contributed by atoms with van der Waals surface area (Å²) in [6, 6.07) is 16.5. The highest BCUT2D eigenvalue weighted by Crippen LogP contribution is 2.13. The molecule has 0 aliphatic carbocycles. The Morgan fingerprint density at radius 2 is 1.35 bits per heavy atom. The molecule has 0 spiro atoms. The van der Waals surface area contributed by atoms with Gasteiger partial charge in [0.2, 0.25) is 0 Å². The van der Waals surface area contributed by atoms with Crippen LogP contribution in [-0.4, -0.2) is 45.3 Å². The molecule has 0 bridgehead atoms. The predicted octanol–water partition coefficient (Wildman–Crippen LogP) is 0.723. The zero-order valence-electron chi connectivity index (χ0n) is 18.5. The monoisotopic (exact) mass is 458 g/mol. The van der Waals surface area contributed by atoms with Crippen molar-refractivity contribution in [2.24, 2.45) is 10.2 Å². The van der Waals surface area contributed by atoms with Gasteiger partial charge in [0.05, 0.1) is 18.3 Å². The third-order valence-electron chi connectivity index (χ3n) is 4.79. The van der Waals surface area contributed by atoms with Crippen LogP contribution in [-0.2, 0) is 5.88 Å². The lowest BCUT2D eigenvalue weighted by Crippen LogP contribution is -3.00. The van der Waals surface area contributed by atoms with Gasteiger partial charge in [-0.2, -0.15) is 0 Å². The van der Waals surface area contributed by atoms with Crippen LogP contribution in [0, 0.1) is 6.92 Å². The molecule has 0 saturated carbocycles. The Labute approximate surface area is 195 Å². The van der Waals surface area contributed by atoms with Crippen molar-refractivity contribution in [3.63, 3.8) is 0 Å². The van der Waals surface area contributed by atoms with Gasteiger partial charge in [-0.25, -0.2) is 0 Å². The van der Waals surface area contributed by atoms with Gasteiger partial charge in [-0.15, -0.1) is 16.3 Å². The van der Waals surface area contributed by atoms with Gasteiger partial charge in [-0.05, 0) is 35.4 Å². The Morgan fingerprint density at radius 3 is 1.81 bits per heavy atom. The number of benzene rings is 2. The summed E-state index contributed by atoms with van der Waals surface area (Å²) in [6.45, 7) is 1.97. The molecule has 1 aromatic heterocycles. The van der Waals surface area contributed by atoms with Crippen LogP contribution < -0.4 is 26.9 Å². The van der Waals surface area contributed by atoms with Crippen LogP contribution in [0.4, 0.5) is 11.4 Å². The highest BCUT2D eigenvalue weighted by molar-refractivity contribution is 6.16. The first-order valence-electron chi connectivity index (χ1n) is 9.71. The quantitative estimate of drug-likeness (QED) is 0.297. The van der Waals surface area contributed by atoms with E-state index in [4.69, 9.17) is 11.6 Å². The maximum absolute atomic E-state index is 6.15. The summed E-state index contributed by atoms with van der Waals surface area (Å²) >= 11 is 6.15. The molecule has 2 aromatic carbocycles. The van der Waals surface area contributed by atoms with E-state index in [2.05, 4.69) is 44.3 Å². The molecule has 31 heavy (non-hydrogen) atoms. The SMILES string of the molecule is Cc1n(N=Cc2ccc(N(C)C)cc2)c(CCl)c[n+]1N=Cc1ccc(N(C)C)cc1.[Cl-]. The Kier molecular flexibility index (Phi) is 8.65. The van der Waals surface area contributed by atoms with E-state index in [9.17, 15) is 0 Å². The average Bonchev–Trinajstić information content (AvgIpc) is 3.06. The maximum Gasteiger partial charge on any atom is 0.304 e. The van der Waals surface area contributed by atoms with Crippen LogP contribution >= 0.6 is 11.6 Å². The highest BCUT2D eigenvalue weighted by atomic mass is 35.5. The van der Waals surface area contributed by atoms with Crippen molar-refractivity contribution in [3.8, 4) is 0 Å². The minimum atomic E-state index is 0. The summed E-state index contributed by atoms with van der Waals surface area (Å²) in [6.07, 6.45) is 5.56. The van der Waals surface area contributed by atoms with Gasteiger partial charge in [-0.1, -0.05) is 39.1 Å². The van der Waals surface area contributed by atoms with Crippen molar-refractivity contribution in [1.82, 2.24) is 4.68 Å². The molecule has 0 saturated heterocycles. The van der Waals surface area contributed by atoms with Crippen molar-refractivity contribution >= 4 is 35.4 Å². The summed E-state index contributed by atoms with van der Waals surface area (Å²) in [7, 11) is 8.09. The zero-order chi connectivity index (χ0) is 21.7. The summed E-state index contributed by atoms with van der Waals surface area (Å²) < 4.78 is 3.61. The van der Waals surface area contributed by atoms with Crippen molar-refractivity contribution in [1.29, 1.82) is 0 Å². The first kappa shape index (κ1) is 24.4. The van der Waals surface area contributed by atoms with Gasteiger partial charge in [0.25, 0.3) is 0 Å². The molecule has 6 nitrogen and oxygen atoms in total. The third-order valence-corrected chi connectivity index (χ3v) is 5.06. The van der Waals surface area contributed by atoms with E-state index in [0.29, 0.717) is 5.88 Å². The normalized spacial score (nSPS) is 11.2. The molecule has 164 valence electrons. The second kappa shape index (κ2) is 11.0. The fourth-order valence-electron chi connectivity index (χ4n) is 2.93. The Hall–Kier alpha value is -2.83. The third kappa shape index (κ3) is 6.09. The van der Waals surface area contributed by atoms with Crippen LogP contribution in [0.2, 0.25) is 0 Å². The molecule has 0 atom stereocenters. The van der Waals surface area contributed by atoms with Crippen LogP contribution in [0.15, 0.2) is 64.9 Å². The van der Waals surface area contributed by atoms with E-state index in [0.717, 1.165) is 34.0 Å². The Morgan fingerprint density at radius 1 is 0.871 bits per heavy atom. The second-order valence-electron chi connectivity index (χ2n) is 7.42. The largest absolute Gasteiger partial charge is 1.00 e. The molecule has 0 aliphatic rings. The number of rotatable bonds is 7. The molecule has 0 unspecified atom stereocenters. The molecular formula is C23H28Cl2N6. The number of halogens is 2. The standard InChI is InChI=1S/C23H28ClN6.ClH/c1-18-29(25-15-19-6-10-21(11-7-19)27(2)3)17-23(14-24)30(18)26-16-20-8-12-22(13-9-20)28(4)5;/h6-13,15-17H,14H2,1-5H3;1H/q+1;/p-1. The number of anilines is 2. The zero-order valence-corrected chi connectivity index (χ0v) is 20.0. The maximum atomic E-state index is 6.15. The van der Waals surface area contributed by atoms with Crippen LogP contribution in [0.1, 0.15) is 22.6 Å². The fourth-order valence-corrected chi connectivity index (χ4v) is 3.11. The predicted molar refractivity (Wildman–Crippen MR) is 126 cm³/mol. The summed E-state index contributed by atoms with van der Waals surface area (Å²) in [5.74, 6) is 1.21. The highest BCUT2D eigenvalue weighted by Gasteiger charge is 2.19. The van der Waals surface area contributed by atoms with E-state index >= 15 is 0 Å². The lowest BCUT2D eigenvalue weighted by molar-refractivity contribution is -0.684. The minimum Gasteiger partial charge on any atom is -1.00 e. The van der Waals surface area contributed by atoms with Crippen LogP contribution in [0.5, 0.6) is 0 Å². The number of imidazole rings is 1. The molecule has 3 aromatic rings.